The third kappa shape index (κ3) is 5.28. The van der Waals surface area contributed by atoms with Crippen molar-refractivity contribution in [1.29, 1.82) is 0 Å². The number of imidazole rings is 1. The first-order chi connectivity index (χ1) is 12.3. The van der Waals surface area contributed by atoms with E-state index in [4.69, 9.17) is 0 Å². The van der Waals surface area contributed by atoms with E-state index in [2.05, 4.69) is 56.4 Å². The van der Waals surface area contributed by atoms with Gasteiger partial charge in [0.1, 0.15) is 5.52 Å². The predicted molar refractivity (Wildman–Crippen MR) is 103 cm³/mol. The number of aryl methyl sites for hydroxylation is 1. The van der Waals surface area contributed by atoms with Crippen LogP contribution < -0.4 is 5.32 Å². The number of hydrogen-bond acceptors (Lipinski definition) is 4. The van der Waals surface area contributed by atoms with Gasteiger partial charge in [0.05, 0.1) is 12.5 Å². The molecule has 0 fully saturated rings. The first-order valence-electron chi connectivity index (χ1n) is 9.33. The molecule has 2 heterocycles. The van der Waals surface area contributed by atoms with Gasteiger partial charge in [-0.1, -0.05) is 63.3 Å². The van der Waals surface area contributed by atoms with Gasteiger partial charge in [0.25, 0.3) is 0 Å². The molecule has 5 heteroatoms. The molecule has 0 saturated carbocycles. The van der Waals surface area contributed by atoms with Crippen LogP contribution in [-0.2, 0) is 13.0 Å². The van der Waals surface area contributed by atoms with E-state index in [-0.39, 0.29) is 0 Å². The van der Waals surface area contributed by atoms with Gasteiger partial charge in [0.2, 0.25) is 5.95 Å². The van der Waals surface area contributed by atoms with Crippen molar-refractivity contribution >= 4 is 17.1 Å². The molecule has 132 valence electrons. The number of unbranched alkanes of at least 4 members (excludes halogenated alkanes) is 5. The van der Waals surface area contributed by atoms with Gasteiger partial charge in [-0.05, 0) is 24.0 Å². The fourth-order valence-electron chi connectivity index (χ4n) is 2.94. The van der Waals surface area contributed by atoms with E-state index < -0.39 is 0 Å². The lowest BCUT2D eigenvalue weighted by Gasteiger charge is -2.06. The molecule has 0 saturated heterocycles. The number of benzene rings is 1. The molecular formula is C20H27N5. The van der Waals surface area contributed by atoms with Crippen LogP contribution in [0.1, 0.15) is 56.6 Å². The summed E-state index contributed by atoms with van der Waals surface area (Å²) in [6, 6.07) is 8.85. The first kappa shape index (κ1) is 17.4. The SMILES string of the molecule is CCCCCCCCc1ccc(CNc2ncc3[nH]cnc3n2)cc1. The van der Waals surface area contributed by atoms with Crippen LogP contribution in [0.15, 0.2) is 36.8 Å². The van der Waals surface area contributed by atoms with Crippen molar-refractivity contribution in [1.82, 2.24) is 19.9 Å². The number of hydrogen-bond donors (Lipinski definition) is 2. The zero-order valence-electron chi connectivity index (χ0n) is 15.0. The minimum Gasteiger partial charge on any atom is -0.350 e. The molecule has 2 aromatic heterocycles. The standard InChI is InChI=1S/C20H27N5/c1-2-3-4-5-6-7-8-16-9-11-17(12-10-16)13-21-20-22-14-18-19(25-20)24-15-23-18/h9-12,14-15H,2-8,13H2,1H3,(H2,21,22,23,24,25). The summed E-state index contributed by atoms with van der Waals surface area (Å²) in [5.74, 6) is 0.607. The van der Waals surface area contributed by atoms with E-state index in [9.17, 15) is 0 Å². The highest BCUT2D eigenvalue weighted by Crippen LogP contribution is 2.12. The van der Waals surface area contributed by atoms with Gasteiger partial charge in [-0.2, -0.15) is 4.98 Å². The van der Waals surface area contributed by atoms with Gasteiger partial charge in [-0.3, -0.25) is 0 Å². The quantitative estimate of drug-likeness (QED) is 0.518. The number of anilines is 1. The summed E-state index contributed by atoms with van der Waals surface area (Å²) in [5, 5.41) is 3.26. The summed E-state index contributed by atoms with van der Waals surface area (Å²) in [5.41, 5.74) is 4.20. The summed E-state index contributed by atoms with van der Waals surface area (Å²) < 4.78 is 0. The van der Waals surface area contributed by atoms with Gasteiger partial charge in [0, 0.05) is 6.54 Å². The fourth-order valence-corrected chi connectivity index (χ4v) is 2.94. The van der Waals surface area contributed by atoms with Gasteiger partial charge in [0.15, 0.2) is 5.65 Å². The predicted octanol–water partition coefficient (Wildman–Crippen LogP) is 4.87. The highest BCUT2D eigenvalue weighted by atomic mass is 15.1. The van der Waals surface area contributed by atoms with Crippen LogP contribution in [0.25, 0.3) is 11.2 Å². The topological polar surface area (TPSA) is 66.5 Å². The summed E-state index contributed by atoms with van der Waals surface area (Å²) in [7, 11) is 0. The maximum Gasteiger partial charge on any atom is 0.225 e. The van der Waals surface area contributed by atoms with Crippen molar-refractivity contribution in [2.24, 2.45) is 0 Å². The van der Waals surface area contributed by atoms with Crippen LogP contribution in [-0.4, -0.2) is 19.9 Å². The van der Waals surface area contributed by atoms with E-state index in [0.29, 0.717) is 18.1 Å². The molecule has 3 aromatic rings. The number of H-pyrrole nitrogens is 1. The second kappa shape index (κ2) is 9.16. The molecule has 0 spiro atoms. The third-order valence-corrected chi connectivity index (χ3v) is 4.47. The fraction of sp³-hybridized carbons (Fsp3) is 0.450. The van der Waals surface area contributed by atoms with Gasteiger partial charge >= 0.3 is 0 Å². The average Bonchev–Trinajstić information content (AvgIpc) is 3.11. The monoisotopic (exact) mass is 337 g/mol. The zero-order valence-corrected chi connectivity index (χ0v) is 15.0. The lowest BCUT2D eigenvalue weighted by atomic mass is 10.0. The number of fused-ring (bicyclic) bond motifs is 1. The summed E-state index contributed by atoms with van der Waals surface area (Å²) in [6.07, 6.45) is 12.6. The van der Waals surface area contributed by atoms with Crippen molar-refractivity contribution in [2.75, 3.05) is 5.32 Å². The van der Waals surface area contributed by atoms with Crippen LogP contribution in [0.2, 0.25) is 0 Å². The number of rotatable bonds is 10. The Morgan fingerprint density at radius 2 is 1.68 bits per heavy atom. The molecule has 5 nitrogen and oxygen atoms in total. The van der Waals surface area contributed by atoms with Gasteiger partial charge in [-0.15, -0.1) is 0 Å². The number of aromatic nitrogens is 4. The second-order valence-electron chi connectivity index (χ2n) is 6.52. The van der Waals surface area contributed by atoms with Crippen LogP contribution in [0.4, 0.5) is 5.95 Å². The van der Waals surface area contributed by atoms with E-state index in [1.54, 1.807) is 12.5 Å². The van der Waals surface area contributed by atoms with E-state index in [1.807, 2.05) is 0 Å². The van der Waals surface area contributed by atoms with Crippen molar-refractivity contribution in [3.05, 3.63) is 47.9 Å². The van der Waals surface area contributed by atoms with Gasteiger partial charge < -0.3 is 10.3 Å². The molecular weight excluding hydrogens is 310 g/mol. The first-order valence-corrected chi connectivity index (χ1v) is 9.33. The lowest BCUT2D eigenvalue weighted by molar-refractivity contribution is 0.607. The molecule has 0 aliphatic heterocycles. The van der Waals surface area contributed by atoms with Crippen molar-refractivity contribution in [3.8, 4) is 0 Å². The zero-order chi connectivity index (χ0) is 17.3. The molecule has 1 aromatic carbocycles. The van der Waals surface area contributed by atoms with Gasteiger partial charge in [-0.25, -0.2) is 9.97 Å². The van der Waals surface area contributed by atoms with Crippen molar-refractivity contribution in [2.45, 2.75) is 58.4 Å². The summed E-state index contributed by atoms with van der Waals surface area (Å²) in [6.45, 7) is 2.98. The van der Waals surface area contributed by atoms with Crippen molar-refractivity contribution in [3.63, 3.8) is 0 Å². The van der Waals surface area contributed by atoms with E-state index >= 15 is 0 Å². The minimum atomic E-state index is 0.607. The molecule has 0 amide bonds. The molecule has 25 heavy (non-hydrogen) atoms. The Morgan fingerprint density at radius 1 is 0.920 bits per heavy atom. The summed E-state index contributed by atoms with van der Waals surface area (Å²) >= 11 is 0. The molecule has 2 N–H and O–H groups in total. The van der Waals surface area contributed by atoms with E-state index in [1.165, 1.54) is 56.1 Å². The second-order valence-corrected chi connectivity index (χ2v) is 6.52. The van der Waals surface area contributed by atoms with Crippen LogP contribution in [0, 0.1) is 0 Å². The average molecular weight is 337 g/mol. The van der Waals surface area contributed by atoms with Crippen molar-refractivity contribution < 1.29 is 0 Å². The van der Waals surface area contributed by atoms with Crippen LogP contribution >= 0.6 is 0 Å². The lowest BCUT2D eigenvalue weighted by Crippen LogP contribution is -2.03. The number of nitrogens with zero attached hydrogens (tertiary/aromatic N) is 3. The Hall–Kier alpha value is -2.43. The molecule has 0 aliphatic carbocycles. The highest BCUT2D eigenvalue weighted by molar-refractivity contribution is 5.69. The maximum absolute atomic E-state index is 4.37. The molecule has 0 radical (unpaired) electrons. The Bertz CT molecular complexity index is 763. The molecule has 0 atom stereocenters. The molecule has 3 rings (SSSR count). The molecule has 0 bridgehead atoms. The minimum absolute atomic E-state index is 0.607. The Morgan fingerprint density at radius 3 is 2.52 bits per heavy atom. The Labute approximate surface area is 149 Å². The number of nitrogens with one attached hydrogen (secondary N) is 2. The van der Waals surface area contributed by atoms with Crippen LogP contribution in [0.3, 0.4) is 0 Å². The summed E-state index contributed by atoms with van der Waals surface area (Å²) in [4.78, 5) is 15.8. The molecule has 0 aliphatic rings. The van der Waals surface area contributed by atoms with E-state index in [0.717, 1.165) is 5.52 Å². The Kier molecular flexibility index (Phi) is 6.37. The highest BCUT2D eigenvalue weighted by Gasteiger charge is 2.02. The number of aromatic amines is 1. The maximum atomic E-state index is 4.37. The molecule has 0 unspecified atom stereocenters. The Balaban J connectivity index is 1.42. The smallest absolute Gasteiger partial charge is 0.225 e. The van der Waals surface area contributed by atoms with Crippen LogP contribution in [0.5, 0.6) is 0 Å². The third-order valence-electron chi connectivity index (χ3n) is 4.47. The normalized spacial score (nSPS) is 11.1. The largest absolute Gasteiger partial charge is 0.350 e.